The molecule has 2 rings (SSSR count). The maximum absolute atomic E-state index is 11.4. The number of carbonyl (C=O) groups excluding carboxylic acids is 1. The smallest absolute Gasteiger partial charge is 0.223 e. The first-order valence-corrected chi connectivity index (χ1v) is 4.91. The number of aliphatic hydroxyl groups excluding tert-OH is 1. The Kier molecular flexibility index (Phi) is 3.00. The van der Waals surface area contributed by atoms with Gasteiger partial charge in [-0.3, -0.25) is 4.79 Å². The Bertz CT molecular complexity index is 215. The molecule has 0 saturated carbocycles. The fourth-order valence-corrected chi connectivity index (χ4v) is 1.85. The molecule has 0 bridgehead atoms. The summed E-state index contributed by atoms with van der Waals surface area (Å²) in [7, 11) is 0. The Balaban J connectivity index is 1.82. The van der Waals surface area contributed by atoms with Gasteiger partial charge in [-0.1, -0.05) is 0 Å². The number of aliphatic hydroxyl groups is 1. The van der Waals surface area contributed by atoms with Gasteiger partial charge in [0.2, 0.25) is 5.91 Å². The minimum absolute atomic E-state index is 0.0780. The molecule has 2 fully saturated rings. The first kappa shape index (κ1) is 9.89. The molecule has 0 radical (unpaired) electrons. The second-order valence-electron chi connectivity index (χ2n) is 3.72. The van der Waals surface area contributed by atoms with Crippen molar-refractivity contribution in [2.75, 3.05) is 32.9 Å². The molecule has 1 amide bonds. The van der Waals surface area contributed by atoms with E-state index in [4.69, 9.17) is 14.6 Å². The van der Waals surface area contributed by atoms with Crippen molar-refractivity contribution in [3.63, 3.8) is 0 Å². The van der Waals surface area contributed by atoms with Crippen molar-refractivity contribution in [1.29, 1.82) is 0 Å². The van der Waals surface area contributed by atoms with Crippen LogP contribution >= 0.6 is 0 Å². The molecule has 0 aromatic heterocycles. The first-order valence-electron chi connectivity index (χ1n) is 4.91. The summed E-state index contributed by atoms with van der Waals surface area (Å²) in [6.45, 7) is 2.41. The average Bonchev–Trinajstić information content (AvgIpc) is 2.78. The normalized spacial score (nSPS) is 29.1. The van der Waals surface area contributed by atoms with Crippen LogP contribution in [0.4, 0.5) is 0 Å². The van der Waals surface area contributed by atoms with Crippen LogP contribution < -0.4 is 0 Å². The molecule has 5 heteroatoms. The Morgan fingerprint density at radius 3 is 2.71 bits per heavy atom. The molecule has 2 aliphatic rings. The maximum Gasteiger partial charge on any atom is 0.223 e. The zero-order valence-electron chi connectivity index (χ0n) is 8.02. The van der Waals surface area contributed by atoms with Gasteiger partial charge < -0.3 is 19.5 Å². The summed E-state index contributed by atoms with van der Waals surface area (Å²) in [5.74, 6) is 0.173. The molecule has 2 heterocycles. The van der Waals surface area contributed by atoms with Crippen molar-refractivity contribution < 1.29 is 19.4 Å². The number of ether oxygens (including phenoxy) is 2. The number of amides is 1. The van der Waals surface area contributed by atoms with E-state index in [1.165, 1.54) is 0 Å². The Hall–Kier alpha value is -0.650. The fourth-order valence-electron chi connectivity index (χ4n) is 1.85. The Morgan fingerprint density at radius 1 is 1.43 bits per heavy atom. The van der Waals surface area contributed by atoms with Gasteiger partial charge >= 0.3 is 0 Å². The number of nitrogens with zero attached hydrogens (tertiary/aromatic N) is 1. The number of hydrogen-bond donors (Lipinski definition) is 1. The van der Waals surface area contributed by atoms with Crippen molar-refractivity contribution in [2.24, 2.45) is 5.92 Å². The van der Waals surface area contributed by atoms with Gasteiger partial charge in [-0.15, -0.1) is 0 Å². The number of hydrogen-bond acceptors (Lipinski definition) is 4. The molecule has 5 nitrogen and oxygen atoms in total. The van der Waals surface area contributed by atoms with E-state index in [1.54, 1.807) is 4.90 Å². The molecule has 2 aliphatic heterocycles. The lowest BCUT2D eigenvalue weighted by molar-refractivity contribution is -0.133. The van der Waals surface area contributed by atoms with Crippen molar-refractivity contribution in [1.82, 2.24) is 4.90 Å². The molecule has 0 aliphatic carbocycles. The van der Waals surface area contributed by atoms with E-state index in [-0.39, 0.29) is 24.7 Å². The SMILES string of the molecule is O=C1CC(CO)CN1CC1OCCO1. The number of carbonyl (C=O) groups is 1. The van der Waals surface area contributed by atoms with E-state index in [9.17, 15) is 4.79 Å². The van der Waals surface area contributed by atoms with Crippen LogP contribution in [0.1, 0.15) is 6.42 Å². The second-order valence-corrected chi connectivity index (χ2v) is 3.72. The van der Waals surface area contributed by atoms with E-state index in [0.29, 0.717) is 32.7 Å². The maximum atomic E-state index is 11.4. The minimum atomic E-state index is -0.267. The summed E-state index contributed by atoms with van der Waals surface area (Å²) < 4.78 is 10.5. The van der Waals surface area contributed by atoms with Crippen LogP contribution in [0.2, 0.25) is 0 Å². The summed E-state index contributed by atoms with van der Waals surface area (Å²) in [6, 6.07) is 0. The van der Waals surface area contributed by atoms with Gasteiger partial charge in [0.05, 0.1) is 19.8 Å². The predicted molar refractivity (Wildman–Crippen MR) is 47.5 cm³/mol. The summed E-state index contributed by atoms with van der Waals surface area (Å²) in [4.78, 5) is 13.1. The van der Waals surface area contributed by atoms with Crippen LogP contribution in [0, 0.1) is 5.92 Å². The summed E-state index contributed by atoms with van der Waals surface area (Å²) >= 11 is 0. The third-order valence-corrected chi connectivity index (χ3v) is 2.61. The minimum Gasteiger partial charge on any atom is -0.396 e. The highest BCUT2D eigenvalue weighted by atomic mass is 16.7. The molecule has 2 saturated heterocycles. The Labute approximate surface area is 82.6 Å². The van der Waals surface area contributed by atoms with Crippen molar-refractivity contribution in [2.45, 2.75) is 12.7 Å². The molecule has 80 valence electrons. The van der Waals surface area contributed by atoms with E-state index >= 15 is 0 Å². The third-order valence-electron chi connectivity index (χ3n) is 2.61. The zero-order chi connectivity index (χ0) is 9.97. The average molecular weight is 201 g/mol. The zero-order valence-corrected chi connectivity index (χ0v) is 8.02. The largest absolute Gasteiger partial charge is 0.396 e. The molecule has 0 spiro atoms. The molecule has 0 aromatic rings. The van der Waals surface area contributed by atoms with Crippen LogP contribution in [-0.2, 0) is 14.3 Å². The van der Waals surface area contributed by atoms with Gasteiger partial charge in [0, 0.05) is 25.5 Å². The second kappa shape index (κ2) is 4.25. The van der Waals surface area contributed by atoms with E-state index < -0.39 is 0 Å². The molecule has 0 aromatic carbocycles. The number of rotatable bonds is 3. The standard InChI is InChI=1S/C9H15NO4/c11-6-7-3-8(12)10(4-7)5-9-13-1-2-14-9/h7,9,11H,1-6H2. The fraction of sp³-hybridized carbons (Fsp3) is 0.889. The lowest BCUT2D eigenvalue weighted by Gasteiger charge is -2.19. The predicted octanol–water partition coefficient (Wildman–Crippen LogP) is -0.800. The Morgan fingerprint density at radius 2 is 2.14 bits per heavy atom. The third kappa shape index (κ3) is 2.05. The van der Waals surface area contributed by atoms with Crippen molar-refractivity contribution in [3.8, 4) is 0 Å². The first-order chi connectivity index (χ1) is 6.79. The van der Waals surface area contributed by atoms with E-state index in [2.05, 4.69) is 0 Å². The lowest BCUT2D eigenvalue weighted by atomic mass is 10.1. The molecule has 1 unspecified atom stereocenters. The molecule has 1 atom stereocenters. The highest BCUT2D eigenvalue weighted by Gasteiger charge is 2.31. The van der Waals surface area contributed by atoms with Crippen molar-refractivity contribution in [3.05, 3.63) is 0 Å². The van der Waals surface area contributed by atoms with Gasteiger partial charge in [-0.2, -0.15) is 0 Å². The van der Waals surface area contributed by atoms with Gasteiger partial charge in [0.1, 0.15) is 0 Å². The number of likely N-dealkylation sites (tertiary alicyclic amines) is 1. The lowest BCUT2D eigenvalue weighted by Crippen LogP contribution is -2.34. The van der Waals surface area contributed by atoms with Gasteiger partial charge in [0.25, 0.3) is 0 Å². The van der Waals surface area contributed by atoms with Gasteiger partial charge in [-0.05, 0) is 0 Å². The van der Waals surface area contributed by atoms with Gasteiger partial charge in [0.15, 0.2) is 6.29 Å². The molecular formula is C9H15NO4. The quantitative estimate of drug-likeness (QED) is 0.649. The van der Waals surface area contributed by atoms with Gasteiger partial charge in [-0.25, -0.2) is 0 Å². The topological polar surface area (TPSA) is 59.0 Å². The molecular weight excluding hydrogens is 186 g/mol. The van der Waals surface area contributed by atoms with E-state index in [1.807, 2.05) is 0 Å². The monoisotopic (exact) mass is 201 g/mol. The molecule has 1 N–H and O–H groups in total. The molecule has 14 heavy (non-hydrogen) atoms. The highest BCUT2D eigenvalue weighted by Crippen LogP contribution is 2.18. The summed E-state index contributed by atoms with van der Waals surface area (Å²) in [5, 5.41) is 8.92. The van der Waals surface area contributed by atoms with Crippen LogP contribution in [0.25, 0.3) is 0 Å². The summed E-state index contributed by atoms with van der Waals surface area (Å²) in [5.41, 5.74) is 0. The van der Waals surface area contributed by atoms with E-state index in [0.717, 1.165) is 0 Å². The van der Waals surface area contributed by atoms with Crippen LogP contribution in [0.3, 0.4) is 0 Å². The van der Waals surface area contributed by atoms with Crippen LogP contribution in [-0.4, -0.2) is 55.1 Å². The van der Waals surface area contributed by atoms with Crippen molar-refractivity contribution >= 4 is 5.91 Å². The highest BCUT2D eigenvalue weighted by molar-refractivity contribution is 5.78. The van der Waals surface area contributed by atoms with Crippen LogP contribution in [0.5, 0.6) is 0 Å². The van der Waals surface area contributed by atoms with Crippen LogP contribution in [0.15, 0.2) is 0 Å². The summed E-state index contributed by atoms with van der Waals surface area (Å²) in [6.07, 6.45) is 0.180.